The van der Waals surface area contributed by atoms with Crippen LogP contribution < -0.4 is 4.74 Å². The van der Waals surface area contributed by atoms with Gasteiger partial charge in [0.15, 0.2) is 0 Å². The largest absolute Gasteiger partial charge is 0.491 e. The van der Waals surface area contributed by atoms with E-state index in [-0.39, 0.29) is 30.4 Å². The molecule has 0 radical (unpaired) electrons. The number of carbonyl (C=O) groups is 2. The first-order chi connectivity index (χ1) is 11.2. The lowest BCUT2D eigenvalue weighted by Crippen LogP contribution is -2.40. The van der Waals surface area contributed by atoms with E-state index in [2.05, 4.69) is 0 Å². The van der Waals surface area contributed by atoms with E-state index in [4.69, 9.17) is 9.84 Å². The van der Waals surface area contributed by atoms with Crippen LogP contribution in [0.5, 0.6) is 5.75 Å². The number of likely N-dealkylation sites (tertiary alicyclic amines) is 1. The molecule has 5 nitrogen and oxygen atoms in total. The lowest BCUT2D eigenvalue weighted by molar-refractivity contribution is -0.134. The number of hydrogen-bond donors (Lipinski definition) is 1. The fourth-order valence-electron chi connectivity index (χ4n) is 2.69. The average molecular weight is 341 g/mol. The number of halogens is 2. The zero-order valence-electron chi connectivity index (χ0n) is 13.7. The van der Waals surface area contributed by atoms with E-state index in [1.54, 1.807) is 0 Å². The van der Waals surface area contributed by atoms with Crippen LogP contribution in [-0.2, 0) is 4.79 Å². The summed E-state index contributed by atoms with van der Waals surface area (Å²) in [5.41, 5.74) is 0.114. The summed E-state index contributed by atoms with van der Waals surface area (Å²) in [5.74, 6) is -3.78. The Hall–Kier alpha value is -2.18. The summed E-state index contributed by atoms with van der Waals surface area (Å²) in [4.78, 5) is 24.1. The molecule has 1 amide bonds. The first-order valence-electron chi connectivity index (χ1n) is 7.81. The Balaban J connectivity index is 2.00. The number of aromatic carboxylic acids is 1. The van der Waals surface area contributed by atoms with Crippen molar-refractivity contribution in [2.24, 2.45) is 5.92 Å². The van der Waals surface area contributed by atoms with Gasteiger partial charge in [-0.15, -0.1) is 0 Å². The van der Waals surface area contributed by atoms with Gasteiger partial charge in [-0.2, -0.15) is 0 Å². The Morgan fingerprint density at radius 1 is 1.33 bits per heavy atom. The highest BCUT2D eigenvalue weighted by Crippen LogP contribution is 2.33. The standard InChI is InChI=1S/C17H21F2NO4/c1-11(2)7-15(21)20-10-17(18,19)8-13(20)9-24-14-5-3-12(4-6-14)16(22)23/h3-6,11,13H,7-10H2,1-2H3,(H,22,23)/t13-/m0/s1. The first kappa shape index (κ1) is 18.2. The summed E-state index contributed by atoms with van der Waals surface area (Å²) in [7, 11) is 0. The van der Waals surface area contributed by atoms with Crippen molar-refractivity contribution in [2.45, 2.75) is 38.7 Å². The van der Waals surface area contributed by atoms with Gasteiger partial charge < -0.3 is 14.7 Å². The zero-order valence-corrected chi connectivity index (χ0v) is 13.7. The SMILES string of the molecule is CC(C)CC(=O)N1CC(F)(F)C[C@H]1COc1ccc(C(=O)O)cc1. The van der Waals surface area contributed by atoms with Crippen LogP contribution in [0, 0.1) is 5.92 Å². The van der Waals surface area contributed by atoms with Crippen molar-refractivity contribution in [3.63, 3.8) is 0 Å². The molecule has 0 aromatic heterocycles. The highest BCUT2D eigenvalue weighted by atomic mass is 19.3. The Morgan fingerprint density at radius 2 is 1.96 bits per heavy atom. The van der Waals surface area contributed by atoms with Gasteiger partial charge in [0.05, 0.1) is 18.2 Å². The summed E-state index contributed by atoms with van der Waals surface area (Å²) in [5, 5.41) is 8.84. The summed E-state index contributed by atoms with van der Waals surface area (Å²) in [6.07, 6.45) is -0.204. The predicted molar refractivity (Wildman–Crippen MR) is 83.4 cm³/mol. The second-order valence-corrected chi connectivity index (χ2v) is 6.47. The van der Waals surface area contributed by atoms with Crippen LogP contribution in [0.15, 0.2) is 24.3 Å². The summed E-state index contributed by atoms with van der Waals surface area (Å²) in [6.45, 7) is 3.10. The molecule has 0 saturated carbocycles. The number of carboxylic acid groups (broad SMARTS) is 1. The van der Waals surface area contributed by atoms with Crippen LogP contribution in [0.25, 0.3) is 0 Å². The number of amides is 1. The molecule has 1 N–H and O–H groups in total. The van der Waals surface area contributed by atoms with Gasteiger partial charge in [-0.05, 0) is 30.2 Å². The second-order valence-electron chi connectivity index (χ2n) is 6.47. The van der Waals surface area contributed by atoms with E-state index in [0.717, 1.165) is 0 Å². The predicted octanol–water partition coefficient (Wildman–Crippen LogP) is 3.05. The molecule has 1 fully saturated rings. The minimum atomic E-state index is -2.91. The van der Waals surface area contributed by atoms with Crippen molar-refractivity contribution in [3.05, 3.63) is 29.8 Å². The lowest BCUT2D eigenvalue weighted by Gasteiger charge is -2.24. The molecule has 1 saturated heterocycles. The van der Waals surface area contributed by atoms with Crippen molar-refractivity contribution in [1.29, 1.82) is 0 Å². The molecular formula is C17H21F2NO4. The quantitative estimate of drug-likeness (QED) is 0.864. The Morgan fingerprint density at radius 3 is 2.50 bits per heavy atom. The maximum Gasteiger partial charge on any atom is 0.335 e. The molecule has 1 aliphatic rings. The number of rotatable bonds is 6. The number of ether oxygens (including phenoxy) is 1. The molecule has 1 aliphatic heterocycles. The first-order valence-corrected chi connectivity index (χ1v) is 7.81. The van der Waals surface area contributed by atoms with Crippen molar-refractivity contribution >= 4 is 11.9 Å². The monoisotopic (exact) mass is 341 g/mol. The number of nitrogens with zero attached hydrogens (tertiary/aromatic N) is 1. The maximum atomic E-state index is 13.7. The van der Waals surface area contributed by atoms with E-state index >= 15 is 0 Å². The van der Waals surface area contributed by atoms with Crippen molar-refractivity contribution in [1.82, 2.24) is 4.90 Å². The van der Waals surface area contributed by atoms with Crippen LogP contribution in [0.3, 0.4) is 0 Å². The molecule has 24 heavy (non-hydrogen) atoms. The third-order valence-corrected chi connectivity index (χ3v) is 3.82. The van der Waals surface area contributed by atoms with Gasteiger partial charge in [0.2, 0.25) is 5.91 Å². The van der Waals surface area contributed by atoms with E-state index < -0.39 is 30.9 Å². The normalized spacial score (nSPS) is 19.5. The van der Waals surface area contributed by atoms with E-state index in [1.807, 2.05) is 13.8 Å². The van der Waals surface area contributed by atoms with Gasteiger partial charge in [0.1, 0.15) is 12.4 Å². The van der Waals surface area contributed by atoms with E-state index in [0.29, 0.717) is 5.75 Å². The number of benzene rings is 1. The van der Waals surface area contributed by atoms with Gasteiger partial charge in [0.25, 0.3) is 5.92 Å². The minimum absolute atomic E-state index is 0.0498. The number of alkyl halides is 2. The average Bonchev–Trinajstić information content (AvgIpc) is 2.80. The Bertz CT molecular complexity index is 601. The molecule has 0 aliphatic carbocycles. The van der Waals surface area contributed by atoms with E-state index in [9.17, 15) is 18.4 Å². The fourth-order valence-corrected chi connectivity index (χ4v) is 2.69. The molecule has 0 unspecified atom stereocenters. The number of carbonyl (C=O) groups excluding carboxylic acids is 1. The smallest absolute Gasteiger partial charge is 0.335 e. The van der Waals surface area contributed by atoms with Crippen molar-refractivity contribution < 1.29 is 28.2 Å². The third-order valence-electron chi connectivity index (χ3n) is 3.82. The highest BCUT2D eigenvalue weighted by Gasteiger charge is 2.47. The van der Waals surface area contributed by atoms with Crippen LogP contribution in [0.4, 0.5) is 8.78 Å². The topological polar surface area (TPSA) is 66.8 Å². The molecule has 1 aromatic rings. The molecular weight excluding hydrogens is 320 g/mol. The van der Waals surface area contributed by atoms with E-state index in [1.165, 1.54) is 29.2 Å². The minimum Gasteiger partial charge on any atom is -0.491 e. The molecule has 1 heterocycles. The van der Waals surface area contributed by atoms with Gasteiger partial charge >= 0.3 is 5.97 Å². The van der Waals surface area contributed by atoms with Gasteiger partial charge in [0, 0.05) is 12.8 Å². The zero-order chi connectivity index (χ0) is 17.9. The Kier molecular flexibility index (Phi) is 5.41. The number of hydrogen-bond acceptors (Lipinski definition) is 3. The molecule has 0 spiro atoms. The van der Waals surface area contributed by atoms with Crippen molar-refractivity contribution in [2.75, 3.05) is 13.2 Å². The van der Waals surface area contributed by atoms with Gasteiger partial charge in [-0.25, -0.2) is 13.6 Å². The lowest BCUT2D eigenvalue weighted by atomic mass is 10.1. The second kappa shape index (κ2) is 7.15. The molecule has 2 rings (SSSR count). The highest BCUT2D eigenvalue weighted by molar-refractivity contribution is 5.87. The molecule has 1 aromatic carbocycles. The van der Waals surface area contributed by atoms with Crippen LogP contribution in [0.1, 0.15) is 37.0 Å². The van der Waals surface area contributed by atoms with Crippen molar-refractivity contribution in [3.8, 4) is 5.75 Å². The maximum absolute atomic E-state index is 13.7. The fraction of sp³-hybridized carbons (Fsp3) is 0.529. The Labute approximate surface area is 139 Å². The summed E-state index contributed by atoms with van der Waals surface area (Å²) in [6, 6.07) is 5.00. The third kappa shape index (κ3) is 4.66. The molecule has 7 heteroatoms. The molecule has 0 bridgehead atoms. The van der Waals surface area contributed by atoms with Gasteiger partial charge in [-0.1, -0.05) is 13.8 Å². The van der Waals surface area contributed by atoms with Crippen LogP contribution in [-0.4, -0.2) is 47.0 Å². The summed E-state index contributed by atoms with van der Waals surface area (Å²) >= 11 is 0. The van der Waals surface area contributed by atoms with Gasteiger partial charge in [-0.3, -0.25) is 4.79 Å². The van der Waals surface area contributed by atoms with Crippen LogP contribution >= 0.6 is 0 Å². The van der Waals surface area contributed by atoms with Crippen LogP contribution in [0.2, 0.25) is 0 Å². The molecule has 132 valence electrons. The number of carboxylic acids is 1. The summed E-state index contributed by atoms with van der Waals surface area (Å²) < 4.78 is 32.9. The molecule has 1 atom stereocenters.